The summed E-state index contributed by atoms with van der Waals surface area (Å²) in [5.74, 6) is 0.529. The largest absolute Gasteiger partial charge is 0.507 e. The Labute approximate surface area is 143 Å². The van der Waals surface area contributed by atoms with Crippen LogP contribution in [-0.2, 0) is 12.8 Å². The Morgan fingerprint density at radius 1 is 1.08 bits per heavy atom. The van der Waals surface area contributed by atoms with Gasteiger partial charge in [0, 0.05) is 10.8 Å². The van der Waals surface area contributed by atoms with E-state index >= 15 is 0 Å². The van der Waals surface area contributed by atoms with Crippen LogP contribution in [0.15, 0.2) is 45.6 Å². The van der Waals surface area contributed by atoms with Crippen LogP contribution in [0.2, 0.25) is 0 Å². The predicted molar refractivity (Wildman–Crippen MR) is 97.7 cm³/mol. The van der Waals surface area contributed by atoms with Crippen molar-refractivity contribution in [3.8, 4) is 11.5 Å². The lowest BCUT2D eigenvalue weighted by molar-refractivity contribution is 0.407. The second kappa shape index (κ2) is 4.99. The van der Waals surface area contributed by atoms with Crippen molar-refractivity contribution in [2.75, 3.05) is 7.11 Å². The predicted octanol–water partition coefficient (Wildman–Crippen LogP) is 4.30. The van der Waals surface area contributed by atoms with Gasteiger partial charge in [-0.25, -0.2) is 4.79 Å². The third kappa shape index (κ3) is 1.85. The molecule has 0 spiro atoms. The molecule has 4 nitrogen and oxygen atoms in total. The van der Waals surface area contributed by atoms with Gasteiger partial charge in [-0.2, -0.15) is 0 Å². The first-order valence-electron chi connectivity index (χ1n) is 8.39. The van der Waals surface area contributed by atoms with E-state index in [1.54, 1.807) is 13.2 Å². The number of rotatable bonds is 1. The third-order valence-corrected chi connectivity index (χ3v) is 5.22. The van der Waals surface area contributed by atoms with Crippen LogP contribution in [0, 0.1) is 0 Å². The van der Waals surface area contributed by atoms with Crippen molar-refractivity contribution in [3.05, 3.63) is 57.9 Å². The second-order valence-corrected chi connectivity index (χ2v) is 6.53. The molecule has 25 heavy (non-hydrogen) atoms. The first-order chi connectivity index (χ1) is 12.2. The minimum atomic E-state index is -0.525. The number of phenolic OH excluding ortho intramolecular Hbond substituents is 1. The van der Waals surface area contributed by atoms with Crippen molar-refractivity contribution in [2.45, 2.75) is 19.3 Å². The summed E-state index contributed by atoms with van der Waals surface area (Å²) in [4.78, 5) is 12.6. The fourth-order valence-electron chi connectivity index (χ4n) is 4.16. The first kappa shape index (κ1) is 14.3. The standard InChI is InChI=1S/C21H16O4/c1-24-16-10-12-5-2-3-7-14(12)18-17-13-8-4-6-11(13)9-15(22)19(17)21(23)25-20(16)18/h2-3,5,7,9-10,22H,4,6,8H2,1H3. The highest BCUT2D eigenvalue weighted by Crippen LogP contribution is 2.42. The Hall–Kier alpha value is -3.01. The van der Waals surface area contributed by atoms with E-state index in [1.165, 1.54) is 0 Å². The number of ether oxygens (including phenoxy) is 1. The molecule has 4 aromatic rings. The lowest BCUT2D eigenvalue weighted by Gasteiger charge is -2.14. The summed E-state index contributed by atoms with van der Waals surface area (Å²) in [5.41, 5.74) is 2.18. The van der Waals surface area contributed by atoms with Crippen molar-refractivity contribution in [2.24, 2.45) is 0 Å². The van der Waals surface area contributed by atoms with Gasteiger partial charge in [-0.05, 0) is 53.3 Å². The van der Waals surface area contributed by atoms with Crippen molar-refractivity contribution in [3.63, 3.8) is 0 Å². The molecule has 1 aromatic heterocycles. The van der Waals surface area contributed by atoms with E-state index in [2.05, 4.69) is 0 Å². The maximum Gasteiger partial charge on any atom is 0.348 e. The molecule has 0 unspecified atom stereocenters. The second-order valence-electron chi connectivity index (χ2n) is 6.53. The molecule has 3 aromatic carbocycles. The SMILES string of the molecule is COc1cc2ccccc2c2c1oc(=O)c1c(O)cc3c(c12)CCC3. The molecule has 4 heteroatoms. The zero-order valence-corrected chi connectivity index (χ0v) is 13.8. The number of hydrogen-bond donors (Lipinski definition) is 1. The molecule has 0 bridgehead atoms. The lowest BCUT2D eigenvalue weighted by Crippen LogP contribution is -2.04. The van der Waals surface area contributed by atoms with E-state index in [9.17, 15) is 9.90 Å². The van der Waals surface area contributed by atoms with Crippen LogP contribution in [0.25, 0.3) is 32.5 Å². The van der Waals surface area contributed by atoms with Crippen LogP contribution in [0.1, 0.15) is 17.5 Å². The van der Waals surface area contributed by atoms with Gasteiger partial charge in [-0.3, -0.25) is 0 Å². The minimum absolute atomic E-state index is 0.00167. The van der Waals surface area contributed by atoms with Gasteiger partial charge in [0.2, 0.25) is 0 Å². The topological polar surface area (TPSA) is 59.7 Å². The molecule has 0 radical (unpaired) electrons. The number of phenols is 1. The van der Waals surface area contributed by atoms with Crippen molar-refractivity contribution in [1.29, 1.82) is 0 Å². The number of fused-ring (bicyclic) bond motifs is 7. The maximum atomic E-state index is 12.6. The monoisotopic (exact) mass is 332 g/mol. The summed E-state index contributed by atoms with van der Waals surface area (Å²) < 4.78 is 11.1. The molecule has 1 heterocycles. The quantitative estimate of drug-likeness (QED) is 0.417. The Morgan fingerprint density at radius 3 is 2.76 bits per heavy atom. The van der Waals surface area contributed by atoms with Gasteiger partial charge in [-0.15, -0.1) is 0 Å². The molecule has 0 saturated heterocycles. The number of aryl methyl sites for hydroxylation is 2. The van der Waals surface area contributed by atoms with E-state index in [0.717, 1.165) is 51.9 Å². The molecular weight excluding hydrogens is 316 g/mol. The summed E-state index contributed by atoms with van der Waals surface area (Å²) in [6, 6.07) is 11.6. The Bertz CT molecular complexity index is 1230. The summed E-state index contributed by atoms with van der Waals surface area (Å²) in [7, 11) is 1.57. The highest BCUT2D eigenvalue weighted by atomic mass is 16.5. The summed E-state index contributed by atoms with van der Waals surface area (Å²) >= 11 is 0. The number of aromatic hydroxyl groups is 1. The molecule has 0 atom stereocenters. The fraction of sp³-hybridized carbons (Fsp3) is 0.190. The Balaban J connectivity index is 2.19. The van der Waals surface area contributed by atoms with Gasteiger partial charge in [0.1, 0.15) is 11.1 Å². The molecule has 1 aliphatic carbocycles. The Morgan fingerprint density at radius 2 is 1.92 bits per heavy atom. The van der Waals surface area contributed by atoms with E-state index in [1.807, 2.05) is 30.3 Å². The van der Waals surface area contributed by atoms with Crippen molar-refractivity contribution in [1.82, 2.24) is 0 Å². The van der Waals surface area contributed by atoms with Crippen LogP contribution in [0.3, 0.4) is 0 Å². The first-order valence-corrected chi connectivity index (χ1v) is 8.39. The Kier molecular flexibility index (Phi) is 2.86. The maximum absolute atomic E-state index is 12.6. The van der Waals surface area contributed by atoms with Crippen LogP contribution in [-0.4, -0.2) is 12.2 Å². The third-order valence-electron chi connectivity index (χ3n) is 5.22. The average Bonchev–Trinajstić information content (AvgIpc) is 3.08. The molecule has 1 aliphatic rings. The summed E-state index contributed by atoms with van der Waals surface area (Å²) in [5, 5.41) is 14.4. The molecule has 0 amide bonds. The average molecular weight is 332 g/mol. The smallest absolute Gasteiger partial charge is 0.348 e. The fourth-order valence-corrected chi connectivity index (χ4v) is 4.16. The number of benzene rings is 3. The summed E-state index contributed by atoms with van der Waals surface area (Å²) in [6.07, 6.45) is 2.84. The molecule has 0 fully saturated rings. The van der Waals surface area contributed by atoms with Crippen molar-refractivity contribution >= 4 is 32.5 Å². The van der Waals surface area contributed by atoms with Crippen molar-refractivity contribution < 1.29 is 14.3 Å². The van der Waals surface area contributed by atoms with Gasteiger partial charge in [-0.1, -0.05) is 24.3 Å². The normalized spacial score (nSPS) is 13.6. The number of hydrogen-bond acceptors (Lipinski definition) is 4. The van der Waals surface area contributed by atoms with Crippen LogP contribution in [0.5, 0.6) is 11.5 Å². The number of methoxy groups -OCH3 is 1. The molecule has 0 saturated carbocycles. The van der Waals surface area contributed by atoms with Gasteiger partial charge in [0.25, 0.3) is 0 Å². The minimum Gasteiger partial charge on any atom is -0.507 e. The highest BCUT2D eigenvalue weighted by Gasteiger charge is 2.24. The molecule has 0 aliphatic heterocycles. The molecular formula is C21H16O4. The zero-order chi connectivity index (χ0) is 17.1. The van der Waals surface area contributed by atoms with Crippen LogP contribution in [0.4, 0.5) is 0 Å². The van der Waals surface area contributed by atoms with Gasteiger partial charge >= 0.3 is 5.63 Å². The molecule has 5 rings (SSSR count). The van der Waals surface area contributed by atoms with E-state index in [4.69, 9.17) is 9.15 Å². The summed E-state index contributed by atoms with van der Waals surface area (Å²) in [6.45, 7) is 0. The van der Waals surface area contributed by atoms with Crippen LogP contribution >= 0.6 is 0 Å². The van der Waals surface area contributed by atoms with E-state index in [-0.39, 0.29) is 11.1 Å². The van der Waals surface area contributed by atoms with Gasteiger partial charge in [0.05, 0.1) is 7.11 Å². The van der Waals surface area contributed by atoms with E-state index in [0.29, 0.717) is 11.3 Å². The molecule has 124 valence electrons. The van der Waals surface area contributed by atoms with E-state index < -0.39 is 5.63 Å². The van der Waals surface area contributed by atoms with Gasteiger partial charge in [0.15, 0.2) is 11.3 Å². The zero-order valence-electron chi connectivity index (χ0n) is 13.8. The van der Waals surface area contributed by atoms with Crippen LogP contribution < -0.4 is 10.4 Å². The molecule has 1 N–H and O–H groups in total. The van der Waals surface area contributed by atoms with Gasteiger partial charge < -0.3 is 14.3 Å². The lowest BCUT2D eigenvalue weighted by atomic mass is 9.94. The highest BCUT2D eigenvalue weighted by molar-refractivity contribution is 6.21.